The van der Waals surface area contributed by atoms with Crippen molar-refractivity contribution in [1.82, 2.24) is 5.32 Å². The van der Waals surface area contributed by atoms with E-state index >= 15 is 0 Å². The van der Waals surface area contributed by atoms with Crippen molar-refractivity contribution in [2.75, 3.05) is 17.7 Å². The minimum atomic E-state index is -0.397. The van der Waals surface area contributed by atoms with Crippen LogP contribution in [0, 0.1) is 6.92 Å². The second kappa shape index (κ2) is 9.42. The number of thiocarbonyl (C=S) groups is 1. The van der Waals surface area contributed by atoms with E-state index in [1.54, 1.807) is 32.2 Å². The predicted molar refractivity (Wildman–Crippen MR) is 127 cm³/mol. The molecular weight excluding hydrogens is 442 g/mol. The number of carbonyl (C=O) groups is 2. The number of anilines is 2. The molecule has 9 heteroatoms. The van der Waals surface area contributed by atoms with Crippen LogP contribution in [-0.2, 0) is 4.79 Å². The number of amides is 2. The molecule has 30 heavy (non-hydrogen) atoms. The number of rotatable bonds is 5. The highest BCUT2D eigenvalue weighted by Crippen LogP contribution is 2.37. The van der Waals surface area contributed by atoms with Crippen molar-refractivity contribution in [3.8, 4) is 5.75 Å². The van der Waals surface area contributed by atoms with E-state index in [0.29, 0.717) is 33.4 Å². The van der Waals surface area contributed by atoms with Crippen molar-refractivity contribution < 1.29 is 14.3 Å². The Hall–Kier alpha value is -2.68. The summed E-state index contributed by atoms with van der Waals surface area (Å²) in [5, 5.41) is 9.79. The maximum absolute atomic E-state index is 12.7. The van der Waals surface area contributed by atoms with Crippen LogP contribution in [0.25, 0.3) is 10.1 Å². The Labute approximate surface area is 188 Å². The molecule has 3 N–H and O–H groups in total. The molecule has 3 aromatic rings. The van der Waals surface area contributed by atoms with Gasteiger partial charge in [-0.1, -0.05) is 24.6 Å². The van der Waals surface area contributed by atoms with Crippen LogP contribution in [0.5, 0.6) is 5.75 Å². The molecule has 1 aromatic heterocycles. The SMILES string of the molecule is CCC(=O)Nc1cccc(NC(=S)NC(=O)c2sc3cc(OC)ccc3c2Cl)c1C. The van der Waals surface area contributed by atoms with Crippen LogP contribution < -0.4 is 20.7 Å². The van der Waals surface area contributed by atoms with Crippen molar-refractivity contribution >= 4 is 73.5 Å². The minimum absolute atomic E-state index is 0.0813. The fourth-order valence-electron chi connectivity index (χ4n) is 2.78. The number of fused-ring (bicyclic) bond motifs is 1. The van der Waals surface area contributed by atoms with Gasteiger partial charge in [0.1, 0.15) is 10.6 Å². The van der Waals surface area contributed by atoms with Gasteiger partial charge in [-0.05, 0) is 55.0 Å². The molecule has 1 heterocycles. The van der Waals surface area contributed by atoms with Gasteiger partial charge in [-0.2, -0.15) is 0 Å². The van der Waals surface area contributed by atoms with Crippen LogP contribution in [0.4, 0.5) is 11.4 Å². The highest BCUT2D eigenvalue weighted by Gasteiger charge is 2.19. The highest BCUT2D eigenvalue weighted by atomic mass is 35.5. The molecule has 6 nitrogen and oxygen atoms in total. The lowest BCUT2D eigenvalue weighted by molar-refractivity contribution is -0.115. The van der Waals surface area contributed by atoms with E-state index in [-0.39, 0.29) is 11.0 Å². The molecule has 2 aromatic carbocycles. The van der Waals surface area contributed by atoms with Gasteiger partial charge in [0.25, 0.3) is 5.91 Å². The summed E-state index contributed by atoms with van der Waals surface area (Å²) in [6, 6.07) is 10.9. The first kappa shape index (κ1) is 22.0. The monoisotopic (exact) mass is 461 g/mol. The zero-order valence-electron chi connectivity index (χ0n) is 16.6. The first-order valence-electron chi connectivity index (χ1n) is 9.11. The summed E-state index contributed by atoms with van der Waals surface area (Å²) >= 11 is 13.0. The van der Waals surface area contributed by atoms with Gasteiger partial charge < -0.3 is 15.4 Å². The standard InChI is InChI=1S/C21H20ClN3O3S2/c1-4-17(26)23-14-6-5-7-15(11(14)2)24-21(29)25-20(27)19-18(22)13-9-8-12(28-3)10-16(13)30-19/h5-10H,4H2,1-3H3,(H,23,26)(H2,24,25,27,29). The largest absolute Gasteiger partial charge is 0.497 e. The maximum atomic E-state index is 12.7. The number of carbonyl (C=O) groups excluding carboxylic acids is 2. The molecule has 0 saturated carbocycles. The molecule has 2 amide bonds. The molecular formula is C21H20ClN3O3S2. The fraction of sp³-hybridized carbons (Fsp3) is 0.190. The number of hydrogen-bond donors (Lipinski definition) is 3. The molecule has 0 atom stereocenters. The molecule has 0 fully saturated rings. The zero-order chi connectivity index (χ0) is 21.8. The Morgan fingerprint density at radius 3 is 2.53 bits per heavy atom. The Kier molecular flexibility index (Phi) is 6.91. The first-order chi connectivity index (χ1) is 14.3. The van der Waals surface area contributed by atoms with E-state index in [0.717, 1.165) is 15.6 Å². The lowest BCUT2D eigenvalue weighted by atomic mass is 10.1. The number of methoxy groups -OCH3 is 1. The van der Waals surface area contributed by atoms with Crippen LogP contribution in [0.1, 0.15) is 28.6 Å². The lowest BCUT2D eigenvalue weighted by Crippen LogP contribution is -2.34. The summed E-state index contributed by atoms with van der Waals surface area (Å²) in [5.74, 6) is 0.211. The van der Waals surface area contributed by atoms with E-state index in [2.05, 4.69) is 16.0 Å². The summed E-state index contributed by atoms with van der Waals surface area (Å²) in [5.41, 5.74) is 2.17. The Bertz CT molecular complexity index is 1140. The molecule has 0 aliphatic heterocycles. The second-order valence-corrected chi connectivity index (χ2v) is 8.23. The average molecular weight is 462 g/mol. The quantitative estimate of drug-likeness (QED) is 0.446. The molecule has 156 valence electrons. The Morgan fingerprint density at radius 1 is 1.17 bits per heavy atom. The molecule has 0 aliphatic carbocycles. The van der Waals surface area contributed by atoms with Gasteiger partial charge in [-0.25, -0.2) is 0 Å². The third-order valence-electron chi connectivity index (χ3n) is 4.45. The van der Waals surface area contributed by atoms with Crippen LogP contribution in [0.15, 0.2) is 36.4 Å². The summed E-state index contributed by atoms with van der Waals surface area (Å²) in [6.07, 6.45) is 0.382. The van der Waals surface area contributed by atoms with Gasteiger partial charge in [0.05, 0.1) is 12.1 Å². The van der Waals surface area contributed by atoms with Crippen molar-refractivity contribution in [2.45, 2.75) is 20.3 Å². The van der Waals surface area contributed by atoms with Gasteiger partial charge in [0.15, 0.2) is 5.11 Å². The number of benzene rings is 2. The third-order valence-corrected chi connectivity index (χ3v) is 6.31. The van der Waals surface area contributed by atoms with Crippen molar-refractivity contribution in [3.05, 3.63) is 51.9 Å². The van der Waals surface area contributed by atoms with Gasteiger partial charge in [-0.3, -0.25) is 14.9 Å². The van der Waals surface area contributed by atoms with E-state index in [9.17, 15) is 9.59 Å². The number of nitrogens with one attached hydrogen (secondary N) is 3. The summed E-state index contributed by atoms with van der Waals surface area (Å²) < 4.78 is 6.07. The van der Waals surface area contributed by atoms with Crippen molar-refractivity contribution in [2.24, 2.45) is 0 Å². The summed E-state index contributed by atoms with van der Waals surface area (Å²) in [4.78, 5) is 24.8. The minimum Gasteiger partial charge on any atom is -0.497 e. The molecule has 0 spiro atoms. The average Bonchev–Trinajstić information content (AvgIpc) is 3.06. The summed E-state index contributed by atoms with van der Waals surface area (Å²) in [6.45, 7) is 3.64. The van der Waals surface area contributed by atoms with E-state index in [1.807, 2.05) is 25.1 Å². The van der Waals surface area contributed by atoms with Crippen molar-refractivity contribution in [3.63, 3.8) is 0 Å². The zero-order valence-corrected chi connectivity index (χ0v) is 19.0. The van der Waals surface area contributed by atoms with Gasteiger partial charge in [0, 0.05) is 27.9 Å². The van der Waals surface area contributed by atoms with Gasteiger partial charge in [-0.15, -0.1) is 11.3 Å². The molecule has 0 bridgehead atoms. The summed E-state index contributed by atoms with van der Waals surface area (Å²) in [7, 11) is 1.58. The number of hydrogen-bond acceptors (Lipinski definition) is 5. The molecule has 0 radical (unpaired) electrons. The normalized spacial score (nSPS) is 10.5. The molecule has 0 saturated heterocycles. The first-order valence-corrected chi connectivity index (χ1v) is 10.7. The third kappa shape index (κ3) is 4.72. The fourth-order valence-corrected chi connectivity index (χ4v) is 4.42. The molecule has 0 unspecified atom stereocenters. The predicted octanol–water partition coefficient (Wildman–Crippen LogP) is 5.35. The van der Waals surface area contributed by atoms with Crippen LogP contribution >= 0.6 is 35.2 Å². The maximum Gasteiger partial charge on any atom is 0.269 e. The van der Waals surface area contributed by atoms with Crippen LogP contribution in [0.3, 0.4) is 0 Å². The lowest BCUT2D eigenvalue weighted by Gasteiger charge is -2.14. The Balaban J connectivity index is 1.75. The van der Waals surface area contributed by atoms with Crippen LogP contribution in [-0.4, -0.2) is 24.0 Å². The van der Waals surface area contributed by atoms with Gasteiger partial charge >= 0.3 is 0 Å². The molecule has 0 aliphatic rings. The number of thiophene rings is 1. The van der Waals surface area contributed by atoms with Crippen molar-refractivity contribution in [1.29, 1.82) is 0 Å². The van der Waals surface area contributed by atoms with Crippen LogP contribution in [0.2, 0.25) is 5.02 Å². The number of halogens is 1. The Morgan fingerprint density at radius 2 is 1.87 bits per heavy atom. The number of ether oxygens (including phenoxy) is 1. The van der Waals surface area contributed by atoms with E-state index in [1.165, 1.54) is 11.3 Å². The molecule has 3 rings (SSSR count). The highest BCUT2D eigenvalue weighted by molar-refractivity contribution is 7.80. The second-order valence-electron chi connectivity index (χ2n) is 6.40. The smallest absolute Gasteiger partial charge is 0.269 e. The topological polar surface area (TPSA) is 79.5 Å². The van der Waals surface area contributed by atoms with E-state index in [4.69, 9.17) is 28.6 Å². The van der Waals surface area contributed by atoms with Gasteiger partial charge in [0.2, 0.25) is 5.91 Å². The van der Waals surface area contributed by atoms with E-state index < -0.39 is 5.91 Å².